The zero-order chi connectivity index (χ0) is 16.4. The van der Waals surface area contributed by atoms with Gasteiger partial charge in [0.15, 0.2) is 5.76 Å². The summed E-state index contributed by atoms with van der Waals surface area (Å²) in [5, 5.41) is 7.47. The first-order chi connectivity index (χ1) is 11.1. The lowest BCUT2D eigenvalue weighted by Crippen LogP contribution is -2.23. The summed E-state index contributed by atoms with van der Waals surface area (Å²) in [5.74, 6) is 1.65. The fourth-order valence-corrected chi connectivity index (χ4v) is 2.47. The third-order valence-electron chi connectivity index (χ3n) is 3.69. The van der Waals surface area contributed by atoms with Crippen molar-refractivity contribution in [3.63, 3.8) is 0 Å². The van der Waals surface area contributed by atoms with Crippen LogP contribution in [0.25, 0.3) is 11.0 Å². The summed E-state index contributed by atoms with van der Waals surface area (Å²) in [6, 6.07) is 7.23. The van der Waals surface area contributed by atoms with E-state index in [2.05, 4.69) is 10.5 Å². The molecular weight excluding hydrogens is 296 g/mol. The first kappa shape index (κ1) is 15.1. The van der Waals surface area contributed by atoms with Crippen molar-refractivity contribution in [3.8, 4) is 5.75 Å². The smallest absolute Gasteiger partial charge is 0.255 e. The number of rotatable bonds is 5. The second kappa shape index (κ2) is 6.16. The van der Waals surface area contributed by atoms with E-state index in [-0.39, 0.29) is 12.5 Å². The second-order valence-electron chi connectivity index (χ2n) is 5.22. The van der Waals surface area contributed by atoms with Gasteiger partial charge in [0.25, 0.3) is 5.91 Å². The Bertz CT molecular complexity index is 848. The maximum atomic E-state index is 12.5. The lowest BCUT2D eigenvalue weighted by Gasteiger charge is -2.03. The molecule has 1 aromatic carbocycles. The molecule has 0 aliphatic carbocycles. The molecule has 0 aliphatic rings. The number of aryl methyl sites for hydroxylation is 2. The molecular formula is C17H18N2O4. The number of hydrogen-bond acceptors (Lipinski definition) is 5. The zero-order valence-corrected chi connectivity index (χ0v) is 13.3. The molecule has 0 bridgehead atoms. The Balaban J connectivity index is 1.83. The number of nitrogens with zero attached hydrogens (tertiary/aromatic N) is 1. The quantitative estimate of drug-likeness (QED) is 0.782. The lowest BCUT2D eigenvalue weighted by atomic mass is 10.1. The van der Waals surface area contributed by atoms with Gasteiger partial charge in [0.05, 0.1) is 24.9 Å². The molecule has 6 nitrogen and oxygen atoms in total. The van der Waals surface area contributed by atoms with Crippen LogP contribution in [0.1, 0.15) is 34.5 Å². The van der Waals surface area contributed by atoms with E-state index in [1.807, 2.05) is 13.0 Å². The summed E-state index contributed by atoms with van der Waals surface area (Å²) in [6.45, 7) is 4.04. The van der Waals surface area contributed by atoms with Crippen LogP contribution in [-0.2, 0) is 13.0 Å². The maximum Gasteiger partial charge on any atom is 0.255 e. The third kappa shape index (κ3) is 2.92. The topological polar surface area (TPSA) is 77.5 Å². The predicted octanol–water partition coefficient (Wildman–Crippen LogP) is 3.23. The van der Waals surface area contributed by atoms with Gasteiger partial charge < -0.3 is 19.0 Å². The van der Waals surface area contributed by atoms with Gasteiger partial charge in [0.2, 0.25) is 0 Å². The highest BCUT2D eigenvalue weighted by molar-refractivity contribution is 6.07. The summed E-state index contributed by atoms with van der Waals surface area (Å²) in [6.07, 6.45) is 0.794. The number of amides is 1. The molecule has 0 fully saturated rings. The van der Waals surface area contributed by atoms with E-state index in [1.54, 1.807) is 32.2 Å². The summed E-state index contributed by atoms with van der Waals surface area (Å²) in [5.41, 5.74) is 2.03. The number of furan rings is 1. The summed E-state index contributed by atoms with van der Waals surface area (Å²) >= 11 is 0. The van der Waals surface area contributed by atoms with E-state index < -0.39 is 0 Å². The number of carbonyl (C=O) groups excluding carboxylic acids is 1. The fourth-order valence-electron chi connectivity index (χ4n) is 2.47. The van der Waals surface area contributed by atoms with Crippen LogP contribution in [0.2, 0.25) is 0 Å². The van der Waals surface area contributed by atoms with Crippen LogP contribution in [0.15, 0.2) is 33.2 Å². The molecule has 0 aliphatic heterocycles. The first-order valence-electron chi connectivity index (χ1n) is 7.42. The van der Waals surface area contributed by atoms with Crippen molar-refractivity contribution in [2.75, 3.05) is 7.11 Å². The molecule has 2 aromatic heterocycles. The molecule has 2 heterocycles. The number of aromatic nitrogens is 1. The number of nitrogens with one attached hydrogen (secondary N) is 1. The van der Waals surface area contributed by atoms with Crippen molar-refractivity contribution in [1.82, 2.24) is 10.5 Å². The highest BCUT2D eigenvalue weighted by atomic mass is 16.5. The van der Waals surface area contributed by atoms with Crippen LogP contribution in [-0.4, -0.2) is 18.2 Å². The van der Waals surface area contributed by atoms with Gasteiger partial charge in [-0.05, 0) is 31.5 Å². The Morgan fingerprint density at radius 1 is 1.35 bits per heavy atom. The monoisotopic (exact) mass is 314 g/mol. The Kier molecular flexibility index (Phi) is 4.06. The minimum absolute atomic E-state index is 0.219. The molecule has 0 atom stereocenters. The van der Waals surface area contributed by atoms with Crippen molar-refractivity contribution in [2.24, 2.45) is 0 Å². The highest BCUT2D eigenvalue weighted by Gasteiger charge is 2.19. The number of methoxy groups -OCH3 is 1. The molecule has 0 saturated heterocycles. The van der Waals surface area contributed by atoms with E-state index in [0.717, 1.165) is 17.5 Å². The number of benzene rings is 1. The fraction of sp³-hybridized carbons (Fsp3) is 0.294. The van der Waals surface area contributed by atoms with Crippen molar-refractivity contribution in [2.45, 2.75) is 26.8 Å². The van der Waals surface area contributed by atoms with Crippen LogP contribution < -0.4 is 10.1 Å². The molecule has 0 saturated carbocycles. The van der Waals surface area contributed by atoms with Gasteiger partial charge in [-0.3, -0.25) is 4.79 Å². The van der Waals surface area contributed by atoms with Crippen LogP contribution >= 0.6 is 0 Å². The Labute approximate surface area is 133 Å². The molecule has 1 N–H and O–H groups in total. The minimum Gasteiger partial charge on any atom is -0.497 e. The number of fused-ring (bicyclic) bond motifs is 1. The summed E-state index contributed by atoms with van der Waals surface area (Å²) in [7, 11) is 1.59. The first-order valence-corrected chi connectivity index (χ1v) is 7.42. The Hall–Kier alpha value is -2.76. The highest BCUT2D eigenvalue weighted by Crippen LogP contribution is 2.29. The van der Waals surface area contributed by atoms with Crippen molar-refractivity contribution in [3.05, 3.63) is 47.0 Å². The molecule has 0 spiro atoms. The van der Waals surface area contributed by atoms with Crippen LogP contribution in [0.5, 0.6) is 5.75 Å². The number of carbonyl (C=O) groups is 1. The van der Waals surface area contributed by atoms with Crippen molar-refractivity contribution < 1.29 is 18.5 Å². The average Bonchev–Trinajstić information content (AvgIpc) is 3.15. The molecule has 3 rings (SSSR count). The maximum absolute atomic E-state index is 12.5. The van der Waals surface area contributed by atoms with Gasteiger partial charge in [-0.1, -0.05) is 12.1 Å². The normalized spacial score (nSPS) is 10.9. The van der Waals surface area contributed by atoms with E-state index in [1.165, 1.54) is 0 Å². The Morgan fingerprint density at radius 3 is 2.87 bits per heavy atom. The van der Waals surface area contributed by atoms with Gasteiger partial charge >= 0.3 is 0 Å². The predicted molar refractivity (Wildman–Crippen MR) is 84.6 cm³/mol. The van der Waals surface area contributed by atoms with Gasteiger partial charge in [-0.2, -0.15) is 0 Å². The van der Waals surface area contributed by atoms with Gasteiger partial charge in [0, 0.05) is 11.5 Å². The summed E-state index contributed by atoms with van der Waals surface area (Å²) < 4.78 is 16.0. The standard InChI is InChI=1S/C17H18N2O4/c1-4-11-7-13(23-19-11)9-18-17(20)16-10(2)22-15-6-5-12(21-3)8-14(15)16/h5-8H,4,9H2,1-3H3,(H,18,20). The second-order valence-corrected chi connectivity index (χ2v) is 5.22. The molecule has 6 heteroatoms. The largest absolute Gasteiger partial charge is 0.497 e. The molecule has 3 aromatic rings. The molecule has 120 valence electrons. The SMILES string of the molecule is CCc1cc(CNC(=O)c2c(C)oc3ccc(OC)cc23)on1. The van der Waals surface area contributed by atoms with E-state index in [0.29, 0.717) is 28.4 Å². The van der Waals surface area contributed by atoms with E-state index >= 15 is 0 Å². The summed E-state index contributed by atoms with van der Waals surface area (Å²) in [4.78, 5) is 12.5. The van der Waals surface area contributed by atoms with E-state index in [4.69, 9.17) is 13.7 Å². The lowest BCUT2D eigenvalue weighted by molar-refractivity contribution is 0.0947. The Morgan fingerprint density at radius 2 is 2.17 bits per heavy atom. The number of hydrogen-bond donors (Lipinski definition) is 1. The molecule has 0 unspecified atom stereocenters. The minimum atomic E-state index is -0.219. The van der Waals surface area contributed by atoms with E-state index in [9.17, 15) is 4.79 Å². The zero-order valence-electron chi connectivity index (χ0n) is 13.3. The van der Waals surface area contributed by atoms with Crippen molar-refractivity contribution in [1.29, 1.82) is 0 Å². The number of ether oxygens (including phenoxy) is 1. The van der Waals surface area contributed by atoms with Crippen LogP contribution in [0.4, 0.5) is 0 Å². The van der Waals surface area contributed by atoms with Crippen LogP contribution in [0, 0.1) is 6.92 Å². The average molecular weight is 314 g/mol. The van der Waals surface area contributed by atoms with Crippen LogP contribution in [0.3, 0.4) is 0 Å². The van der Waals surface area contributed by atoms with Gasteiger partial charge in [0.1, 0.15) is 17.1 Å². The van der Waals surface area contributed by atoms with Gasteiger partial charge in [-0.15, -0.1) is 0 Å². The third-order valence-corrected chi connectivity index (χ3v) is 3.69. The van der Waals surface area contributed by atoms with Crippen molar-refractivity contribution >= 4 is 16.9 Å². The molecule has 23 heavy (non-hydrogen) atoms. The molecule has 0 radical (unpaired) electrons. The molecule has 1 amide bonds. The van der Waals surface area contributed by atoms with Gasteiger partial charge in [-0.25, -0.2) is 0 Å².